The molecule has 0 saturated carbocycles. The second-order valence-corrected chi connectivity index (χ2v) is 3.40. The van der Waals surface area contributed by atoms with E-state index in [4.69, 9.17) is 5.11 Å². The van der Waals surface area contributed by atoms with Crippen LogP contribution in [0.15, 0.2) is 24.3 Å². The average Bonchev–Trinajstić information content (AvgIpc) is 2.19. The molecule has 0 bridgehead atoms. The van der Waals surface area contributed by atoms with Crippen LogP contribution in [-0.2, 0) is 0 Å². The summed E-state index contributed by atoms with van der Waals surface area (Å²) < 4.78 is 26.6. The zero-order valence-electron chi connectivity index (χ0n) is 8.68. The lowest BCUT2D eigenvalue weighted by Gasteiger charge is -2.08. The van der Waals surface area contributed by atoms with E-state index in [0.717, 1.165) is 11.6 Å². The van der Waals surface area contributed by atoms with Gasteiger partial charge in [-0.05, 0) is 19.1 Å². The normalized spacial score (nSPS) is 9.94. The van der Waals surface area contributed by atoms with E-state index in [-0.39, 0.29) is 5.69 Å². The molecular formula is C11H11F2NO2. The van der Waals surface area contributed by atoms with Gasteiger partial charge in [0.2, 0.25) is 0 Å². The van der Waals surface area contributed by atoms with Gasteiger partial charge >= 0.3 is 5.97 Å². The highest BCUT2D eigenvalue weighted by Crippen LogP contribution is 2.20. The molecule has 1 rings (SSSR count). The zero-order valence-corrected chi connectivity index (χ0v) is 8.68. The molecule has 1 aromatic carbocycles. The van der Waals surface area contributed by atoms with E-state index in [0.29, 0.717) is 6.54 Å². The van der Waals surface area contributed by atoms with Gasteiger partial charge in [0.05, 0.1) is 11.3 Å². The van der Waals surface area contributed by atoms with Gasteiger partial charge in [-0.2, -0.15) is 0 Å². The van der Waals surface area contributed by atoms with Crippen molar-refractivity contribution in [2.75, 3.05) is 11.9 Å². The minimum Gasteiger partial charge on any atom is -0.478 e. The van der Waals surface area contributed by atoms with Crippen LogP contribution < -0.4 is 5.32 Å². The Morgan fingerprint density at radius 2 is 2.06 bits per heavy atom. The van der Waals surface area contributed by atoms with Gasteiger partial charge in [-0.25, -0.2) is 13.6 Å². The third kappa shape index (κ3) is 2.56. The first-order chi connectivity index (χ1) is 7.43. The molecule has 0 amide bonds. The summed E-state index contributed by atoms with van der Waals surface area (Å²) in [5.74, 6) is -4.05. The molecule has 16 heavy (non-hydrogen) atoms. The van der Waals surface area contributed by atoms with Crippen molar-refractivity contribution in [1.82, 2.24) is 0 Å². The molecule has 0 fully saturated rings. The maximum atomic E-state index is 13.3. The highest BCUT2D eigenvalue weighted by Gasteiger charge is 2.17. The summed E-state index contributed by atoms with van der Waals surface area (Å²) in [6.07, 6.45) is 0. The van der Waals surface area contributed by atoms with E-state index in [1.807, 2.05) is 0 Å². The van der Waals surface area contributed by atoms with Crippen LogP contribution in [0.1, 0.15) is 17.3 Å². The van der Waals surface area contributed by atoms with Crippen LogP contribution in [0.3, 0.4) is 0 Å². The van der Waals surface area contributed by atoms with Gasteiger partial charge in [0.25, 0.3) is 0 Å². The van der Waals surface area contributed by atoms with E-state index in [1.165, 1.54) is 6.07 Å². The Balaban J connectivity index is 3.02. The molecule has 0 unspecified atom stereocenters. The molecule has 0 spiro atoms. The minimum atomic E-state index is -1.50. The van der Waals surface area contributed by atoms with Crippen molar-refractivity contribution in [3.05, 3.63) is 41.5 Å². The maximum absolute atomic E-state index is 13.3. The van der Waals surface area contributed by atoms with Gasteiger partial charge in [-0.3, -0.25) is 0 Å². The third-order valence-corrected chi connectivity index (χ3v) is 1.89. The summed E-state index contributed by atoms with van der Waals surface area (Å²) in [4.78, 5) is 10.5. The fourth-order valence-corrected chi connectivity index (χ4v) is 1.10. The lowest BCUT2D eigenvalue weighted by molar-refractivity contribution is 0.0690. The largest absolute Gasteiger partial charge is 0.478 e. The smallest absolute Gasteiger partial charge is 0.338 e. The topological polar surface area (TPSA) is 49.3 Å². The van der Waals surface area contributed by atoms with Crippen molar-refractivity contribution in [3.8, 4) is 0 Å². The molecule has 86 valence electrons. The second-order valence-electron chi connectivity index (χ2n) is 3.40. The van der Waals surface area contributed by atoms with Gasteiger partial charge in [-0.1, -0.05) is 12.2 Å². The number of carboxylic acid groups (broad SMARTS) is 1. The predicted molar refractivity (Wildman–Crippen MR) is 56.6 cm³/mol. The molecule has 0 aliphatic rings. The molecule has 0 aliphatic heterocycles. The highest BCUT2D eigenvalue weighted by molar-refractivity contribution is 5.88. The molecule has 1 aromatic rings. The van der Waals surface area contributed by atoms with Crippen LogP contribution in [0.2, 0.25) is 0 Å². The Morgan fingerprint density at radius 1 is 1.44 bits per heavy atom. The molecule has 0 radical (unpaired) electrons. The Labute approximate surface area is 91.4 Å². The fraction of sp³-hybridized carbons (Fsp3) is 0.182. The monoisotopic (exact) mass is 227 g/mol. The number of aromatic carboxylic acids is 1. The lowest BCUT2D eigenvalue weighted by atomic mass is 10.1. The van der Waals surface area contributed by atoms with Crippen molar-refractivity contribution >= 4 is 11.7 Å². The summed E-state index contributed by atoms with van der Waals surface area (Å²) in [6.45, 7) is 5.62. The van der Waals surface area contributed by atoms with Gasteiger partial charge in [-0.15, -0.1) is 0 Å². The molecule has 0 saturated heterocycles. The maximum Gasteiger partial charge on any atom is 0.338 e. The first kappa shape index (κ1) is 12.2. The van der Waals surface area contributed by atoms with E-state index >= 15 is 0 Å². The van der Waals surface area contributed by atoms with Crippen molar-refractivity contribution in [2.45, 2.75) is 6.92 Å². The Hall–Kier alpha value is -1.91. The number of hydrogen-bond donors (Lipinski definition) is 2. The molecular weight excluding hydrogens is 216 g/mol. The average molecular weight is 227 g/mol. The minimum absolute atomic E-state index is 0.0782. The number of anilines is 1. The summed E-state index contributed by atoms with van der Waals surface area (Å²) in [7, 11) is 0. The van der Waals surface area contributed by atoms with E-state index < -0.39 is 23.2 Å². The zero-order chi connectivity index (χ0) is 12.3. The molecule has 0 aliphatic carbocycles. The first-order valence-corrected chi connectivity index (χ1v) is 4.53. The van der Waals surface area contributed by atoms with Gasteiger partial charge in [0, 0.05) is 6.54 Å². The molecule has 0 heterocycles. The molecule has 5 heteroatoms. The highest BCUT2D eigenvalue weighted by atomic mass is 19.2. The molecule has 3 nitrogen and oxygen atoms in total. The Kier molecular flexibility index (Phi) is 3.60. The fourth-order valence-electron chi connectivity index (χ4n) is 1.10. The van der Waals surface area contributed by atoms with Gasteiger partial charge in [0.15, 0.2) is 11.6 Å². The predicted octanol–water partition coefficient (Wildman–Crippen LogP) is 2.65. The van der Waals surface area contributed by atoms with E-state index in [1.54, 1.807) is 6.92 Å². The SMILES string of the molecule is C=C(C)CNc1ccc(C(=O)O)c(F)c1F. The van der Waals surface area contributed by atoms with Crippen LogP contribution in [0, 0.1) is 11.6 Å². The Bertz CT molecular complexity index is 444. The van der Waals surface area contributed by atoms with Gasteiger partial charge < -0.3 is 10.4 Å². The quantitative estimate of drug-likeness (QED) is 0.777. The number of nitrogens with one attached hydrogen (secondary N) is 1. The van der Waals surface area contributed by atoms with Crippen LogP contribution >= 0.6 is 0 Å². The number of hydrogen-bond acceptors (Lipinski definition) is 2. The number of benzene rings is 1. The Morgan fingerprint density at radius 3 is 2.56 bits per heavy atom. The molecule has 0 atom stereocenters. The summed E-state index contributed by atoms with van der Waals surface area (Å²) >= 11 is 0. The lowest BCUT2D eigenvalue weighted by Crippen LogP contribution is -2.08. The number of carboxylic acids is 1. The third-order valence-electron chi connectivity index (χ3n) is 1.89. The summed E-state index contributed by atoms with van der Waals surface area (Å²) in [5.41, 5.74) is -0.00834. The van der Waals surface area contributed by atoms with Crippen LogP contribution in [-0.4, -0.2) is 17.6 Å². The van der Waals surface area contributed by atoms with Crippen LogP contribution in [0.4, 0.5) is 14.5 Å². The van der Waals surface area contributed by atoms with Crippen molar-refractivity contribution < 1.29 is 18.7 Å². The van der Waals surface area contributed by atoms with Crippen molar-refractivity contribution in [1.29, 1.82) is 0 Å². The molecule has 2 N–H and O–H groups in total. The first-order valence-electron chi connectivity index (χ1n) is 4.53. The number of carbonyl (C=O) groups is 1. The van der Waals surface area contributed by atoms with Crippen LogP contribution in [0.5, 0.6) is 0 Å². The van der Waals surface area contributed by atoms with Crippen molar-refractivity contribution in [2.24, 2.45) is 0 Å². The van der Waals surface area contributed by atoms with Crippen molar-refractivity contribution in [3.63, 3.8) is 0 Å². The van der Waals surface area contributed by atoms with E-state index in [2.05, 4.69) is 11.9 Å². The number of halogens is 2. The molecule has 0 aromatic heterocycles. The number of rotatable bonds is 4. The van der Waals surface area contributed by atoms with Gasteiger partial charge in [0.1, 0.15) is 0 Å². The standard InChI is InChI=1S/C11H11F2NO2/c1-6(2)5-14-8-4-3-7(11(15)16)9(12)10(8)13/h3-4,14H,1,5H2,2H3,(H,15,16). The summed E-state index contributed by atoms with van der Waals surface area (Å²) in [6, 6.07) is 2.20. The summed E-state index contributed by atoms with van der Waals surface area (Å²) in [5, 5.41) is 11.2. The van der Waals surface area contributed by atoms with E-state index in [9.17, 15) is 13.6 Å². The van der Waals surface area contributed by atoms with Crippen LogP contribution in [0.25, 0.3) is 0 Å². The second kappa shape index (κ2) is 4.74.